The molecule has 1 aliphatic rings. The van der Waals surface area contributed by atoms with Crippen LogP contribution in [0.25, 0.3) is 11.1 Å². The lowest BCUT2D eigenvalue weighted by Crippen LogP contribution is -2.43. The van der Waals surface area contributed by atoms with Crippen molar-refractivity contribution in [2.75, 3.05) is 26.2 Å². The van der Waals surface area contributed by atoms with E-state index in [4.69, 9.17) is 5.10 Å². The zero-order valence-corrected chi connectivity index (χ0v) is 16.5. The number of hydrogen-bond donors (Lipinski definition) is 0. The smallest absolute Gasteiger partial charge is 0.0542 e. The minimum Gasteiger partial charge on any atom is -0.295 e. The van der Waals surface area contributed by atoms with E-state index in [-0.39, 0.29) is 0 Å². The monoisotopic (exact) mass is 369 g/mol. The molecule has 0 bridgehead atoms. The van der Waals surface area contributed by atoms with Gasteiger partial charge in [-0.2, -0.15) is 5.10 Å². The summed E-state index contributed by atoms with van der Waals surface area (Å²) in [6, 6.07) is 27.9. The van der Waals surface area contributed by atoms with E-state index in [2.05, 4.69) is 89.6 Å². The minimum atomic E-state index is 0.977. The van der Waals surface area contributed by atoms with Gasteiger partial charge in [-0.05, 0) is 29.2 Å². The molecule has 3 nitrogen and oxygen atoms in total. The van der Waals surface area contributed by atoms with Crippen LogP contribution in [-0.4, -0.2) is 42.3 Å². The van der Waals surface area contributed by atoms with Gasteiger partial charge < -0.3 is 0 Å². The number of rotatable bonds is 5. The number of benzene rings is 3. The van der Waals surface area contributed by atoms with Crippen LogP contribution in [0.4, 0.5) is 0 Å². The second kappa shape index (κ2) is 8.85. The molecule has 0 amide bonds. The summed E-state index contributed by atoms with van der Waals surface area (Å²) in [5, 5.41) is 6.87. The molecule has 0 atom stereocenters. The summed E-state index contributed by atoms with van der Waals surface area (Å²) >= 11 is 0. The third kappa shape index (κ3) is 4.87. The Balaban J connectivity index is 1.28. The molecule has 0 aliphatic carbocycles. The molecule has 3 aromatic rings. The molecular weight excluding hydrogens is 342 g/mol. The van der Waals surface area contributed by atoms with E-state index < -0.39 is 0 Å². The van der Waals surface area contributed by atoms with Crippen molar-refractivity contribution in [1.29, 1.82) is 0 Å². The molecule has 1 heterocycles. The lowest BCUT2D eigenvalue weighted by atomic mass is 10.0. The van der Waals surface area contributed by atoms with Crippen molar-refractivity contribution >= 4 is 6.21 Å². The van der Waals surface area contributed by atoms with E-state index in [0.29, 0.717) is 0 Å². The number of hydrogen-bond acceptors (Lipinski definition) is 3. The van der Waals surface area contributed by atoms with Crippen molar-refractivity contribution in [2.45, 2.75) is 13.5 Å². The highest BCUT2D eigenvalue weighted by molar-refractivity contribution is 5.80. The Hall–Kier alpha value is -2.91. The molecule has 0 N–H and O–H groups in total. The highest BCUT2D eigenvalue weighted by Crippen LogP contribution is 2.18. The molecule has 0 aromatic heterocycles. The third-order valence-corrected chi connectivity index (χ3v) is 5.26. The second-order valence-corrected chi connectivity index (χ2v) is 7.45. The van der Waals surface area contributed by atoms with Crippen LogP contribution in [0.2, 0.25) is 0 Å². The van der Waals surface area contributed by atoms with Gasteiger partial charge in [0.1, 0.15) is 0 Å². The van der Waals surface area contributed by atoms with Crippen LogP contribution in [0.1, 0.15) is 16.7 Å². The summed E-state index contributed by atoms with van der Waals surface area (Å²) in [7, 11) is 0. The fraction of sp³-hybridized carbons (Fsp3) is 0.240. The van der Waals surface area contributed by atoms with Crippen molar-refractivity contribution in [3.05, 3.63) is 95.6 Å². The van der Waals surface area contributed by atoms with E-state index in [0.717, 1.165) is 38.3 Å². The van der Waals surface area contributed by atoms with Gasteiger partial charge in [0.2, 0.25) is 0 Å². The van der Waals surface area contributed by atoms with Gasteiger partial charge in [-0.25, -0.2) is 0 Å². The van der Waals surface area contributed by atoms with Crippen molar-refractivity contribution in [2.24, 2.45) is 5.10 Å². The first-order valence-corrected chi connectivity index (χ1v) is 9.98. The lowest BCUT2D eigenvalue weighted by Gasteiger charge is -2.33. The Labute approximate surface area is 167 Å². The van der Waals surface area contributed by atoms with Gasteiger partial charge in [0.25, 0.3) is 0 Å². The van der Waals surface area contributed by atoms with Crippen LogP contribution in [0.15, 0.2) is 84.0 Å². The number of piperazine rings is 1. The molecule has 1 saturated heterocycles. The van der Waals surface area contributed by atoms with Gasteiger partial charge in [-0.3, -0.25) is 9.91 Å². The summed E-state index contributed by atoms with van der Waals surface area (Å²) in [5.41, 5.74) is 6.33. The molecular formula is C25H27N3. The maximum absolute atomic E-state index is 4.69. The molecule has 3 heteroatoms. The Morgan fingerprint density at radius 3 is 2.07 bits per heavy atom. The molecule has 3 aromatic carbocycles. The fourth-order valence-electron chi connectivity index (χ4n) is 3.50. The second-order valence-electron chi connectivity index (χ2n) is 7.45. The van der Waals surface area contributed by atoms with Crippen LogP contribution < -0.4 is 0 Å². The molecule has 0 spiro atoms. The third-order valence-electron chi connectivity index (χ3n) is 5.26. The summed E-state index contributed by atoms with van der Waals surface area (Å²) in [6.45, 7) is 7.22. The standard InChI is InChI=1S/C25H27N3/c1-21-7-9-23(10-8-21)20-27-15-17-28(18-16-27)26-19-22-11-13-25(14-12-22)24-5-3-2-4-6-24/h2-14,19H,15-18,20H2,1H3/b26-19-. The molecule has 0 unspecified atom stereocenters. The van der Waals surface area contributed by atoms with E-state index >= 15 is 0 Å². The largest absolute Gasteiger partial charge is 0.295 e. The highest BCUT2D eigenvalue weighted by Gasteiger charge is 2.15. The molecule has 142 valence electrons. The van der Waals surface area contributed by atoms with E-state index in [1.807, 2.05) is 12.3 Å². The van der Waals surface area contributed by atoms with Crippen molar-refractivity contribution in [1.82, 2.24) is 9.91 Å². The molecule has 0 radical (unpaired) electrons. The quantitative estimate of drug-likeness (QED) is 0.601. The van der Waals surface area contributed by atoms with Gasteiger partial charge >= 0.3 is 0 Å². The van der Waals surface area contributed by atoms with Gasteiger partial charge in [-0.15, -0.1) is 0 Å². The van der Waals surface area contributed by atoms with Crippen LogP contribution in [0, 0.1) is 6.92 Å². The number of hydrazone groups is 1. The Bertz CT molecular complexity index is 891. The summed E-state index contributed by atoms with van der Waals surface area (Å²) < 4.78 is 0. The first-order chi connectivity index (χ1) is 13.8. The Morgan fingerprint density at radius 2 is 1.39 bits per heavy atom. The normalized spacial score (nSPS) is 15.2. The number of aryl methyl sites for hydroxylation is 1. The molecule has 0 saturated carbocycles. The first kappa shape index (κ1) is 18.5. The zero-order valence-electron chi connectivity index (χ0n) is 16.5. The lowest BCUT2D eigenvalue weighted by molar-refractivity contribution is 0.131. The van der Waals surface area contributed by atoms with Gasteiger partial charge in [0, 0.05) is 32.7 Å². The molecule has 28 heavy (non-hydrogen) atoms. The average molecular weight is 370 g/mol. The highest BCUT2D eigenvalue weighted by atomic mass is 15.5. The fourth-order valence-corrected chi connectivity index (χ4v) is 3.50. The maximum atomic E-state index is 4.69. The van der Waals surface area contributed by atoms with Crippen LogP contribution in [-0.2, 0) is 6.54 Å². The Morgan fingerprint density at radius 1 is 0.750 bits per heavy atom. The minimum absolute atomic E-state index is 0.977. The van der Waals surface area contributed by atoms with E-state index in [1.165, 1.54) is 22.3 Å². The van der Waals surface area contributed by atoms with Crippen LogP contribution in [0.3, 0.4) is 0 Å². The van der Waals surface area contributed by atoms with Crippen LogP contribution in [0.5, 0.6) is 0 Å². The Kier molecular flexibility index (Phi) is 5.83. The predicted molar refractivity (Wildman–Crippen MR) is 118 cm³/mol. The first-order valence-electron chi connectivity index (χ1n) is 9.98. The van der Waals surface area contributed by atoms with Crippen LogP contribution >= 0.6 is 0 Å². The van der Waals surface area contributed by atoms with Gasteiger partial charge in [-0.1, -0.05) is 84.4 Å². The topological polar surface area (TPSA) is 18.8 Å². The summed E-state index contributed by atoms with van der Waals surface area (Å²) in [4.78, 5) is 2.51. The van der Waals surface area contributed by atoms with Gasteiger partial charge in [0.05, 0.1) is 6.21 Å². The number of nitrogens with zero attached hydrogens (tertiary/aromatic N) is 3. The summed E-state index contributed by atoms with van der Waals surface area (Å²) in [6.07, 6.45) is 1.98. The van der Waals surface area contributed by atoms with E-state index in [9.17, 15) is 0 Å². The predicted octanol–water partition coefficient (Wildman–Crippen LogP) is 4.81. The SMILES string of the molecule is Cc1ccc(CN2CCN(/N=C\c3ccc(-c4ccccc4)cc3)CC2)cc1. The zero-order chi connectivity index (χ0) is 19.2. The van der Waals surface area contributed by atoms with Gasteiger partial charge in [0.15, 0.2) is 0 Å². The molecule has 1 fully saturated rings. The van der Waals surface area contributed by atoms with Crippen molar-refractivity contribution in [3.8, 4) is 11.1 Å². The molecule has 4 rings (SSSR count). The maximum Gasteiger partial charge on any atom is 0.0542 e. The molecule has 1 aliphatic heterocycles. The van der Waals surface area contributed by atoms with Crippen molar-refractivity contribution in [3.63, 3.8) is 0 Å². The van der Waals surface area contributed by atoms with E-state index in [1.54, 1.807) is 0 Å². The average Bonchev–Trinajstić information content (AvgIpc) is 2.76. The van der Waals surface area contributed by atoms with Crippen molar-refractivity contribution < 1.29 is 0 Å². The summed E-state index contributed by atoms with van der Waals surface area (Å²) in [5.74, 6) is 0.